The van der Waals surface area contributed by atoms with E-state index >= 15 is 0 Å². The zero-order chi connectivity index (χ0) is 11.2. The highest BCUT2D eigenvalue weighted by Crippen LogP contribution is 2.41. The summed E-state index contributed by atoms with van der Waals surface area (Å²) < 4.78 is 5.39. The van der Waals surface area contributed by atoms with Crippen LogP contribution in [0.15, 0.2) is 24.3 Å². The second kappa shape index (κ2) is 3.52. The molecule has 1 fully saturated rings. The number of nitrogens with zero attached hydrogens (tertiary/aromatic N) is 1. The van der Waals surface area contributed by atoms with Gasteiger partial charge < -0.3 is 10.2 Å². The molecule has 0 radical (unpaired) electrons. The molecule has 4 heteroatoms. The quantitative estimate of drug-likeness (QED) is 0.795. The lowest BCUT2D eigenvalue weighted by Crippen LogP contribution is -2.34. The van der Waals surface area contributed by atoms with Crippen LogP contribution in [0.2, 0.25) is 0 Å². The minimum atomic E-state index is -1.14. The lowest BCUT2D eigenvalue weighted by atomic mass is 9.93. The van der Waals surface area contributed by atoms with Crippen molar-refractivity contribution in [3.8, 4) is 0 Å². The van der Waals surface area contributed by atoms with Crippen molar-refractivity contribution in [3.63, 3.8) is 0 Å². The van der Waals surface area contributed by atoms with E-state index in [0.29, 0.717) is 18.5 Å². The van der Waals surface area contributed by atoms with Crippen molar-refractivity contribution in [2.75, 3.05) is 0 Å². The Morgan fingerprint density at radius 3 is 2.94 bits per heavy atom. The highest BCUT2D eigenvalue weighted by molar-refractivity contribution is 7.13. The number of hydrogen-bond acceptors (Lipinski definition) is 4. The molecule has 0 aliphatic heterocycles. The van der Waals surface area contributed by atoms with Crippen molar-refractivity contribution >= 4 is 21.6 Å². The van der Waals surface area contributed by atoms with Gasteiger partial charge in [0.2, 0.25) is 0 Å². The van der Waals surface area contributed by atoms with Gasteiger partial charge in [-0.3, -0.25) is 0 Å². The first kappa shape index (κ1) is 10.2. The molecular formula is C12H13NO2S. The number of hydrogen-bond donors (Lipinski definition) is 2. The van der Waals surface area contributed by atoms with Crippen LogP contribution >= 0.6 is 11.5 Å². The molecule has 0 bridgehead atoms. The number of aliphatic hydroxyl groups excluding tert-OH is 1. The number of aliphatic hydroxyl groups is 2. The predicted octanol–water partition coefficient (Wildman–Crippen LogP) is 2.03. The van der Waals surface area contributed by atoms with Crippen LogP contribution in [-0.4, -0.2) is 20.7 Å². The summed E-state index contributed by atoms with van der Waals surface area (Å²) >= 11 is 1.38. The maximum atomic E-state index is 10.5. The SMILES string of the molecule is OC1CCC[C@]1(O)c1nsc2ccccc12. The maximum absolute atomic E-state index is 10.5. The molecule has 1 saturated carbocycles. The Bertz CT molecular complexity index is 524. The first-order chi connectivity index (χ1) is 7.72. The molecule has 1 aromatic carbocycles. The molecule has 3 rings (SSSR count). The average Bonchev–Trinajstić information content (AvgIpc) is 2.85. The van der Waals surface area contributed by atoms with Crippen molar-refractivity contribution in [3.05, 3.63) is 30.0 Å². The molecule has 16 heavy (non-hydrogen) atoms. The van der Waals surface area contributed by atoms with Crippen molar-refractivity contribution in [2.45, 2.75) is 31.0 Å². The van der Waals surface area contributed by atoms with E-state index in [9.17, 15) is 10.2 Å². The molecule has 2 aromatic rings. The average molecular weight is 235 g/mol. The molecule has 84 valence electrons. The number of fused-ring (bicyclic) bond motifs is 1. The minimum absolute atomic E-state index is 0.599. The van der Waals surface area contributed by atoms with Crippen molar-refractivity contribution in [1.29, 1.82) is 0 Å². The van der Waals surface area contributed by atoms with Gasteiger partial charge in [-0.1, -0.05) is 18.2 Å². The number of aromatic nitrogens is 1. The van der Waals surface area contributed by atoms with Gasteiger partial charge >= 0.3 is 0 Å². The third-order valence-corrected chi connectivity index (χ3v) is 4.20. The molecule has 1 aromatic heterocycles. The fourth-order valence-corrected chi connectivity index (χ4v) is 3.29. The zero-order valence-corrected chi connectivity index (χ0v) is 9.57. The molecular weight excluding hydrogens is 222 g/mol. The van der Waals surface area contributed by atoms with Gasteiger partial charge in [0.05, 0.1) is 16.5 Å². The second-order valence-corrected chi connectivity index (χ2v) is 5.16. The lowest BCUT2D eigenvalue weighted by Gasteiger charge is -2.24. The second-order valence-electron chi connectivity index (χ2n) is 4.36. The summed E-state index contributed by atoms with van der Waals surface area (Å²) in [4.78, 5) is 0. The van der Waals surface area contributed by atoms with Crippen LogP contribution in [0.1, 0.15) is 25.0 Å². The summed E-state index contributed by atoms with van der Waals surface area (Å²) in [6.07, 6.45) is 1.42. The van der Waals surface area contributed by atoms with Gasteiger partial charge in [0.15, 0.2) is 0 Å². The largest absolute Gasteiger partial charge is 0.390 e. The van der Waals surface area contributed by atoms with Crippen molar-refractivity contribution in [2.24, 2.45) is 0 Å². The molecule has 2 atom stereocenters. The molecule has 0 amide bonds. The van der Waals surface area contributed by atoms with Crippen LogP contribution in [-0.2, 0) is 5.60 Å². The molecule has 1 heterocycles. The predicted molar refractivity (Wildman–Crippen MR) is 63.4 cm³/mol. The normalized spacial score (nSPS) is 30.0. The topological polar surface area (TPSA) is 53.4 Å². The maximum Gasteiger partial charge on any atom is 0.134 e. The molecule has 1 aliphatic carbocycles. The first-order valence-corrected chi connectivity index (χ1v) is 6.24. The minimum Gasteiger partial charge on any atom is -0.390 e. The Labute approximate surface area is 97.5 Å². The summed E-state index contributed by atoms with van der Waals surface area (Å²) in [5.74, 6) is 0. The van der Waals surface area contributed by atoms with E-state index in [1.165, 1.54) is 11.5 Å². The van der Waals surface area contributed by atoms with Gasteiger partial charge in [0, 0.05) is 5.39 Å². The molecule has 3 nitrogen and oxygen atoms in total. The van der Waals surface area contributed by atoms with Crippen LogP contribution in [0.5, 0.6) is 0 Å². The Morgan fingerprint density at radius 2 is 2.19 bits per heavy atom. The monoisotopic (exact) mass is 235 g/mol. The third-order valence-electron chi connectivity index (χ3n) is 3.37. The lowest BCUT2D eigenvalue weighted by molar-refractivity contribution is -0.0593. The third kappa shape index (κ3) is 1.30. The smallest absolute Gasteiger partial charge is 0.134 e. The molecule has 0 spiro atoms. The summed E-state index contributed by atoms with van der Waals surface area (Å²) in [7, 11) is 0. The van der Waals surface area contributed by atoms with Gasteiger partial charge in [0.1, 0.15) is 5.60 Å². The summed E-state index contributed by atoms with van der Waals surface area (Å²) in [5.41, 5.74) is -0.488. The van der Waals surface area contributed by atoms with E-state index in [2.05, 4.69) is 4.37 Å². The molecule has 1 unspecified atom stereocenters. The Balaban J connectivity index is 2.19. The molecule has 2 N–H and O–H groups in total. The Kier molecular flexibility index (Phi) is 2.24. The highest BCUT2D eigenvalue weighted by Gasteiger charge is 2.44. The van der Waals surface area contributed by atoms with E-state index in [0.717, 1.165) is 16.5 Å². The van der Waals surface area contributed by atoms with Crippen molar-refractivity contribution in [1.82, 2.24) is 4.37 Å². The highest BCUT2D eigenvalue weighted by atomic mass is 32.1. The Morgan fingerprint density at radius 1 is 1.38 bits per heavy atom. The van der Waals surface area contributed by atoms with Crippen LogP contribution in [0.25, 0.3) is 10.1 Å². The molecule has 1 aliphatic rings. The van der Waals surface area contributed by atoms with Crippen LogP contribution in [0.3, 0.4) is 0 Å². The van der Waals surface area contributed by atoms with E-state index in [1.807, 2.05) is 24.3 Å². The van der Waals surface area contributed by atoms with E-state index < -0.39 is 11.7 Å². The van der Waals surface area contributed by atoms with E-state index in [-0.39, 0.29) is 0 Å². The standard InChI is InChI=1S/C12H13NO2S/c14-10-6-3-7-12(10,15)11-8-4-1-2-5-9(8)16-13-11/h1-2,4-5,10,14-15H,3,6-7H2/t10?,12-/m1/s1. The molecule has 0 saturated heterocycles. The van der Waals surface area contributed by atoms with Gasteiger partial charge in [-0.15, -0.1) is 0 Å². The fourth-order valence-electron chi connectivity index (χ4n) is 2.44. The Hall–Kier alpha value is -0.970. The van der Waals surface area contributed by atoms with Gasteiger partial charge in [-0.25, -0.2) is 0 Å². The van der Waals surface area contributed by atoms with Gasteiger partial charge in [0.25, 0.3) is 0 Å². The van der Waals surface area contributed by atoms with Gasteiger partial charge in [-0.2, -0.15) is 4.37 Å². The van der Waals surface area contributed by atoms with Crippen LogP contribution in [0.4, 0.5) is 0 Å². The van der Waals surface area contributed by atoms with E-state index in [4.69, 9.17) is 0 Å². The summed E-state index contributed by atoms with van der Waals surface area (Å²) in [6.45, 7) is 0. The number of rotatable bonds is 1. The first-order valence-electron chi connectivity index (χ1n) is 5.47. The van der Waals surface area contributed by atoms with Crippen molar-refractivity contribution < 1.29 is 10.2 Å². The van der Waals surface area contributed by atoms with E-state index in [1.54, 1.807) is 0 Å². The van der Waals surface area contributed by atoms with Gasteiger partial charge in [-0.05, 0) is 36.9 Å². The fraction of sp³-hybridized carbons (Fsp3) is 0.417. The summed E-state index contributed by atoms with van der Waals surface area (Å²) in [6, 6.07) is 7.84. The summed E-state index contributed by atoms with van der Waals surface area (Å²) in [5, 5.41) is 21.4. The van der Waals surface area contributed by atoms with Crippen LogP contribution in [0, 0.1) is 0 Å². The van der Waals surface area contributed by atoms with Crippen LogP contribution < -0.4 is 0 Å². The number of benzene rings is 1. The zero-order valence-electron chi connectivity index (χ0n) is 8.76.